The summed E-state index contributed by atoms with van der Waals surface area (Å²) in [5.74, 6) is 0.697. The van der Waals surface area contributed by atoms with Crippen molar-refractivity contribution in [2.75, 3.05) is 13.2 Å². The maximum Gasteiger partial charge on any atom is 0.161 e. The van der Waals surface area contributed by atoms with E-state index < -0.39 is 0 Å². The first-order valence-corrected chi connectivity index (χ1v) is 6.45. The van der Waals surface area contributed by atoms with Gasteiger partial charge in [0.2, 0.25) is 0 Å². The smallest absolute Gasteiger partial charge is 0.161 e. The molecule has 0 bridgehead atoms. The molecule has 102 valence electrons. The quantitative estimate of drug-likeness (QED) is 0.696. The molecule has 0 fully saturated rings. The number of hydrogen-bond acceptors (Lipinski definition) is 4. The van der Waals surface area contributed by atoms with Crippen molar-refractivity contribution in [3.63, 3.8) is 0 Å². The van der Waals surface area contributed by atoms with Gasteiger partial charge >= 0.3 is 0 Å². The standard InChI is InChI=1S/C15H15N3O2/c19-6-7-20-10-13-8-12-9-16-14(18-15(12)17-13)11-4-2-1-3-5-11/h1-5,8-9,19H,6-7,10H2,(H,16,17,18). The molecule has 0 radical (unpaired) electrons. The number of aliphatic hydroxyl groups is 1. The van der Waals surface area contributed by atoms with Crippen LogP contribution in [0.25, 0.3) is 22.4 Å². The number of fused-ring (bicyclic) bond motifs is 1. The Bertz CT molecular complexity index is 695. The lowest BCUT2D eigenvalue weighted by Gasteiger charge is -1.99. The van der Waals surface area contributed by atoms with Crippen LogP contribution in [-0.4, -0.2) is 33.3 Å². The minimum Gasteiger partial charge on any atom is -0.394 e. The molecule has 2 aromatic heterocycles. The van der Waals surface area contributed by atoms with Crippen LogP contribution in [0, 0.1) is 0 Å². The lowest BCUT2D eigenvalue weighted by atomic mass is 10.2. The van der Waals surface area contributed by atoms with Gasteiger partial charge in [0.05, 0.1) is 19.8 Å². The number of aromatic amines is 1. The van der Waals surface area contributed by atoms with E-state index in [9.17, 15) is 0 Å². The lowest BCUT2D eigenvalue weighted by Crippen LogP contribution is -1.99. The third-order valence-electron chi connectivity index (χ3n) is 2.95. The lowest BCUT2D eigenvalue weighted by molar-refractivity contribution is 0.0800. The zero-order valence-electron chi connectivity index (χ0n) is 10.9. The van der Waals surface area contributed by atoms with Crippen LogP contribution in [0.2, 0.25) is 0 Å². The molecule has 0 aliphatic carbocycles. The van der Waals surface area contributed by atoms with E-state index in [2.05, 4.69) is 15.0 Å². The summed E-state index contributed by atoms with van der Waals surface area (Å²) in [6, 6.07) is 11.8. The Balaban J connectivity index is 1.88. The predicted octanol–water partition coefficient (Wildman–Crippen LogP) is 2.13. The Morgan fingerprint density at radius 1 is 1.20 bits per heavy atom. The monoisotopic (exact) mass is 269 g/mol. The van der Waals surface area contributed by atoms with Gasteiger partial charge in [0.1, 0.15) is 5.65 Å². The van der Waals surface area contributed by atoms with Crippen LogP contribution in [0.15, 0.2) is 42.6 Å². The van der Waals surface area contributed by atoms with Crippen LogP contribution in [0.5, 0.6) is 0 Å². The van der Waals surface area contributed by atoms with Gasteiger partial charge in [0.15, 0.2) is 5.82 Å². The zero-order chi connectivity index (χ0) is 13.8. The third-order valence-corrected chi connectivity index (χ3v) is 2.95. The second-order valence-electron chi connectivity index (χ2n) is 4.43. The van der Waals surface area contributed by atoms with E-state index in [1.165, 1.54) is 0 Å². The van der Waals surface area contributed by atoms with Crippen LogP contribution in [0.1, 0.15) is 5.69 Å². The number of hydrogen-bond donors (Lipinski definition) is 2. The molecule has 0 aliphatic rings. The summed E-state index contributed by atoms with van der Waals surface area (Å²) in [5, 5.41) is 9.64. The molecule has 0 saturated heterocycles. The molecular formula is C15H15N3O2. The summed E-state index contributed by atoms with van der Waals surface area (Å²) in [6.07, 6.45) is 1.80. The van der Waals surface area contributed by atoms with E-state index in [-0.39, 0.29) is 6.61 Å². The van der Waals surface area contributed by atoms with Crippen molar-refractivity contribution >= 4 is 11.0 Å². The van der Waals surface area contributed by atoms with Gasteiger partial charge in [0, 0.05) is 22.8 Å². The first-order chi connectivity index (χ1) is 9.86. The van der Waals surface area contributed by atoms with Crippen molar-refractivity contribution in [3.8, 4) is 11.4 Å². The molecule has 5 nitrogen and oxygen atoms in total. The first-order valence-electron chi connectivity index (χ1n) is 6.45. The van der Waals surface area contributed by atoms with Crippen molar-refractivity contribution in [1.29, 1.82) is 0 Å². The minimum atomic E-state index is 0.0260. The first kappa shape index (κ1) is 12.8. The molecule has 20 heavy (non-hydrogen) atoms. The van der Waals surface area contributed by atoms with E-state index >= 15 is 0 Å². The normalized spacial score (nSPS) is 11.1. The number of ether oxygens (including phenoxy) is 1. The predicted molar refractivity (Wildman–Crippen MR) is 76.1 cm³/mol. The molecule has 0 saturated carbocycles. The second-order valence-corrected chi connectivity index (χ2v) is 4.43. The summed E-state index contributed by atoms with van der Waals surface area (Å²) in [4.78, 5) is 12.1. The highest BCUT2D eigenvalue weighted by molar-refractivity contribution is 5.77. The van der Waals surface area contributed by atoms with Crippen LogP contribution in [0.3, 0.4) is 0 Å². The number of aromatic nitrogens is 3. The van der Waals surface area contributed by atoms with E-state index in [4.69, 9.17) is 9.84 Å². The number of benzene rings is 1. The molecular weight excluding hydrogens is 254 g/mol. The Labute approximate surface area is 116 Å². The highest BCUT2D eigenvalue weighted by Crippen LogP contribution is 2.18. The molecule has 0 atom stereocenters. The number of aliphatic hydroxyl groups excluding tert-OH is 1. The topological polar surface area (TPSA) is 71.0 Å². The molecule has 1 aromatic carbocycles. The third kappa shape index (κ3) is 2.68. The average molecular weight is 269 g/mol. The van der Waals surface area contributed by atoms with E-state index in [0.717, 1.165) is 22.3 Å². The van der Waals surface area contributed by atoms with Crippen LogP contribution in [-0.2, 0) is 11.3 Å². The summed E-state index contributed by atoms with van der Waals surface area (Å²) in [5.41, 5.74) is 2.71. The van der Waals surface area contributed by atoms with Gasteiger partial charge in [-0.05, 0) is 6.07 Å². The fraction of sp³-hybridized carbons (Fsp3) is 0.200. The molecule has 0 amide bonds. The summed E-state index contributed by atoms with van der Waals surface area (Å²) < 4.78 is 5.28. The number of rotatable bonds is 5. The molecule has 0 aliphatic heterocycles. The van der Waals surface area contributed by atoms with Gasteiger partial charge in [-0.15, -0.1) is 0 Å². The molecule has 3 aromatic rings. The van der Waals surface area contributed by atoms with E-state index in [0.29, 0.717) is 19.0 Å². The Morgan fingerprint density at radius 3 is 2.85 bits per heavy atom. The van der Waals surface area contributed by atoms with E-state index in [1.807, 2.05) is 36.4 Å². The molecule has 5 heteroatoms. The largest absolute Gasteiger partial charge is 0.394 e. The zero-order valence-corrected chi connectivity index (χ0v) is 10.9. The van der Waals surface area contributed by atoms with Crippen molar-refractivity contribution in [1.82, 2.24) is 15.0 Å². The number of nitrogens with zero attached hydrogens (tertiary/aromatic N) is 2. The molecule has 2 N–H and O–H groups in total. The summed E-state index contributed by atoms with van der Waals surface area (Å²) in [7, 11) is 0. The van der Waals surface area contributed by atoms with Crippen molar-refractivity contribution in [3.05, 3.63) is 48.3 Å². The minimum absolute atomic E-state index is 0.0260. The van der Waals surface area contributed by atoms with Crippen molar-refractivity contribution in [2.24, 2.45) is 0 Å². The van der Waals surface area contributed by atoms with Crippen LogP contribution in [0.4, 0.5) is 0 Å². The molecule has 3 rings (SSSR count). The summed E-state index contributed by atoms with van der Waals surface area (Å²) in [6.45, 7) is 0.784. The molecule has 0 unspecified atom stereocenters. The number of H-pyrrole nitrogens is 1. The van der Waals surface area contributed by atoms with Crippen molar-refractivity contribution in [2.45, 2.75) is 6.61 Å². The van der Waals surface area contributed by atoms with Gasteiger partial charge in [-0.1, -0.05) is 30.3 Å². The Kier molecular flexibility index (Phi) is 3.71. The highest BCUT2D eigenvalue weighted by Gasteiger charge is 2.06. The highest BCUT2D eigenvalue weighted by atomic mass is 16.5. The number of nitrogens with one attached hydrogen (secondary N) is 1. The van der Waals surface area contributed by atoms with E-state index in [1.54, 1.807) is 6.20 Å². The fourth-order valence-corrected chi connectivity index (χ4v) is 2.02. The van der Waals surface area contributed by atoms with Crippen LogP contribution >= 0.6 is 0 Å². The maximum atomic E-state index is 8.69. The van der Waals surface area contributed by atoms with Crippen LogP contribution < -0.4 is 0 Å². The Morgan fingerprint density at radius 2 is 2.05 bits per heavy atom. The molecule has 2 heterocycles. The second kappa shape index (κ2) is 5.81. The van der Waals surface area contributed by atoms with Gasteiger partial charge in [-0.2, -0.15) is 0 Å². The van der Waals surface area contributed by atoms with Gasteiger partial charge < -0.3 is 14.8 Å². The van der Waals surface area contributed by atoms with Gasteiger partial charge in [0.25, 0.3) is 0 Å². The SMILES string of the molecule is OCCOCc1cc2cnc(-c3ccccc3)nc2[nH]1. The fourth-order valence-electron chi connectivity index (χ4n) is 2.02. The van der Waals surface area contributed by atoms with Gasteiger partial charge in [-0.25, -0.2) is 9.97 Å². The average Bonchev–Trinajstić information content (AvgIpc) is 2.90. The van der Waals surface area contributed by atoms with Gasteiger partial charge in [-0.3, -0.25) is 0 Å². The summed E-state index contributed by atoms with van der Waals surface area (Å²) >= 11 is 0. The van der Waals surface area contributed by atoms with Crippen molar-refractivity contribution < 1.29 is 9.84 Å². The Hall–Kier alpha value is -2.24. The molecule has 0 spiro atoms. The maximum absolute atomic E-state index is 8.69.